The van der Waals surface area contributed by atoms with Gasteiger partial charge in [-0.2, -0.15) is 0 Å². The molecule has 0 aromatic rings. The minimum Gasteiger partial charge on any atom is -0.462 e. The predicted molar refractivity (Wildman–Crippen MR) is 426 cm³/mol. The average Bonchev–Trinajstić information content (AvgIpc) is 1.23. The van der Waals surface area contributed by atoms with Crippen molar-refractivity contribution in [3.8, 4) is 0 Å². The van der Waals surface area contributed by atoms with Crippen LogP contribution in [-0.2, 0) is 32.7 Å². The van der Waals surface area contributed by atoms with Gasteiger partial charge in [-0.05, 0) is 135 Å². The third-order valence-electron chi connectivity index (χ3n) is 16.4. The molecule has 1 N–H and O–H groups in total. The molecular weight excluding hydrogens is 1230 g/mol. The van der Waals surface area contributed by atoms with E-state index in [1.54, 1.807) is 0 Å². The lowest BCUT2D eigenvalue weighted by atomic mass is 10.0. The topological polar surface area (TPSA) is 108 Å². The summed E-state index contributed by atoms with van der Waals surface area (Å²) in [5.74, 6) is -0.821. The lowest BCUT2D eigenvalue weighted by Crippen LogP contribution is -2.37. The van der Waals surface area contributed by atoms with E-state index >= 15 is 0 Å². The van der Waals surface area contributed by atoms with Crippen molar-refractivity contribution >= 4 is 19.8 Å². The number of phosphoric ester groups is 1. The van der Waals surface area contributed by atoms with Gasteiger partial charge < -0.3 is 18.9 Å². The second-order valence-electron chi connectivity index (χ2n) is 27.0. The predicted octanol–water partition coefficient (Wildman–Crippen LogP) is 26.6. The van der Waals surface area contributed by atoms with Crippen LogP contribution in [0.5, 0.6) is 0 Å². The van der Waals surface area contributed by atoms with Crippen molar-refractivity contribution in [3.05, 3.63) is 182 Å². The zero-order valence-electron chi connectivity index (χ0n) is 63.5. The van der Waals surface area contributed by atoms with E-state index in [9.17, 15) is 19.0 Å². The summed E-state index contributed by atoms with van der Waals surface area (Å²) >= 11 is 0. The van der Waals surface area contributed by atoms with E-state index in [1.807, 2.05) is 21.1 Å². The van der Waals surface area contributed by atoms with Gasteiger partial charge in [0.1, 0.15) is 19.8 Å². The van der Waals surface area contributed by atoms with Crippen LogP contribution in [0.25, 0.3) is 0 Å². The number of unbranched alkanes of at least 4 members (excludes halogenated alkanes) is 27. The number of hydrogen-bond donors (Lipinski definition) is 1. The van der Waals surface area contributed by atoms with Crippen molar-refractivity contribution in [3.63, 3.8) is 0 Å². The Morgan fingerprint density at radius 3 is 0.816 bits per heavy atom. The first-order chi connectivity index (χ1) is 48.0. The fourth-order valence-electron chi connectivity index (χ4n) is 10.5. The molecule has 98 heavy (non-hydrogen) atoms. The average molecular weight is 1380 g/mol. The standard InChI is InChI=1S/C88H146NO8P/c1-6-8-10-12-14-16-18-20-22-24-26-28-30-32-34-36-38-40-42-43-44-45-47-49-51-53-55-57-59-61-63-65-67-69-71-73-75-77-79-81-88(91)97-86(85-96-98(92,93)95-83-82-89(3,4)5)84-94-87(90)80-78-76-74-72-70-68-66-64-62-60-58-56-54-52-50-48-46-41-39-37-35-33-31-29-27-25-23-21-19-17-15-13-11-9-7-2/h8-11,14-17,20-23,26-29,32,34,38,40,43-44,47,49,53,55,59,61,65,67,86H,6-7,12-13,18-19,24-25,30-31,33,35-37,39,41-42,45-46,48,50-52,54,56-58,60,62-64,66,68-85H2,1-5H3/p+1/b10-8-,11-9-,16-14-,17-15-,22-20-,23-21-,28-26-,29-27-,34-32-,40-38-,44-43-,49-47-,55-53-,61-59-,67-65-. The Hall–Kier alpha value is -4.89. The van der Waals surface area contributed by atoms with Crippen molar-refractivity contribution in [2.45, 2.75) is 315 Å². The number of hydrogen-bond acceptors (Lipinski definition) is 7. The number of rotatable bonds is 71. The molecule has 0 radical (unpaired) electrons. The molecule has 0 amide bonds. The van der Waals surface area contributed by atoms with Crippen LogP contribution >= 0.6 is 7.82 Å². The van der Waals surface area contributed by atoms with Gasteiger partial charge in [-0.3, -0.25) is 18.6 Å². The van der Waals surface area contributed by atoms with Gasteiger partial charge in [0.15, 0.2) is 6.10 Å². The molecule has 0 heterocycles. The third kappa shape index (κ3) is 80.1. The number of nitrogens with zero attached hydrogens (tertiary/aromatic N) is 1. The number of carbonyl (C=O) groups is 2. The normalized spacial score (nSPS) is 14.1. The Balaban J connectivity index is 4.08. The van der Waals surface area contributed by atoms with E-state index in [0.29, 0.717) is 17.4 Å². The SMILES string of the molecule is CC/C=C\C/C=C\C/C=C\C/C=C\C/C=C\C/C=C\C/C=C\C/C=C\C/C=C\C/C=C\C/C=C\CCCCCCCC(=O)OC(COC(=O)CCCCCCCCCCCCCCCCCCCCCCCC/C=C\C/C=C\C/C=C\C/C=C\CC)COP(=O)(O)OCC[N+](C)(C)C. The van der Waals surface area contributed by atoms with Crippen LogP contribution in [0, 0.1) is 0 Å². The van der Waals surface area contributed by atoms with E-state index in [2.05, 4.69) is 196 Å². The highest BCUT2D eigenvalue weighted by atomic mass is 31.2. The fourth-order valence-corrected chi connectivity index (χ4v) is 11.2. The van der Waals surface area contributed by atoms with Crippen molar-refractivity contribution in [2.24, 2.45) is 0 Å². The molecule has 0 aliphatic rings. The molecule has 2 atom stereocenters. The van der Waals surface area contributed by atoms with Crippen LogP contribution in [0.15, 0.2) is 182 Å². The first-order valence-corrected chi connectivity index (χ1v) is 41.0. The van der Waals surface area contributed by atoms with Gasteiger partial charge in [0.05, 0.1) is 27.7 Å². The molecule has 0 spiro atoms. The van der Waals surface area contributed by atoms with E-state index in [1.165, 1.54) is 128 Å². The highest BCUT2D eigenvalue weighted by molar-refractivity contribution is 7.47. The van der Waals surface area contributed by atoms with Crippen molar-refractivity contribution < 1.29 is 42.1 Å². The zero-order valence-corrected chi connectivity index (χ0v) is 64.3. The number of ether oxygens (including phenoxy) is 2. The molecule has 0 fully saturated rings. The summed E-state index contributed by atoms with van der Waals surface area (Å²) in [6.45, 7) is 4.19. The van der Waals surface area contributed by atoms with Crippen LogP contribution in [0.1, 0.15) is 309 Å². The van der Waals surface area contributed by atoms with Crippen molar-refractivity contribution in [1.82, 2.24) is 0 Å². The number of phosphoric acid groups is 1. The summed E-state index contributed by atoms with van der Waals surface area (Å²) in [5, 5.41) is 0. The molecule has 0 aliphatic carbocycles. The molecule has 9 nitrogen and oxygen atoms in total. The number of esters is 2. The summed E-state index contributed by atoms with van der Waals surface area (Å²) in [4.78, 5) is 36.0. The minimum atomic E-state index is -4.41. The summed E-state index contributed by atoms with van der Waals surface area (Å²) in [6.07, 6.45) is 117. The quantitative estimate of drug-likeness (QED) is 0.0211. The molecule has 0 aromatic heterocycles. The molecule has 0 saturated heterocycles. The van der Waals surface area contributed by atoms with Crippen LogP contribution < -0.4 is 0 Å². The van der Waals surface area contributed by atoms with Gasteiger partial charge in [-0.15, -0.1) is 0 Å². The van der Waals surface area contributed by atoms with Crippen molar-refractivity contribution in [2.75, 3.05) is 47.5 Å². The first kappa shape index (κ1) is 93.1. The lowest BCUT2D eigenvalue weighted by molar-refractivity contribution is -0.870. The monoisotopic (exact) mass is 1380 g/mol. The Morgan fingerprint density at radius 1 is 0.316 bits per heavy atom. The molecule has 0 aromatic carbocycles. The molecule has 0 rings (SSSR count). The maximum Gasteiger partial charge on any atom is 0.472 e. The lowest BCUT2D eigenvalue weighted by Gasteiger charge is -2.24. The molecule has 556 valence electrons. The highest BCUT2D eigenvalue weighted by Crippen LogP contribution is 2.43. The summed E-state index contributed by atoms with van der Waals surface area (Å²) in [7, 11) is 1.45. The molecule has 10 heteroatoms. The van der Waals surface area contributed by atoms with Crippen LogP contribution in [0.3, 0.4) is 0 Å². The number of quaternary nitrogens is 1. The Labute approximate surface area is 603 Å². The van der Waals surface area contributed by atoms with E-state index in [-0.39, 0.29) is 32.0 Å². The van der Waals surface area contributed by atoms with Crippen LogP contribution in [-0.4, -0.2) is 74.9 Å². The second-order valence-corrected chi connectivity index (χ2v) is 28.4. The molecule has 2 unspecified atom stereocenters. The Bertz CT molecular complexity index is 2320. The number of allylic oxidation sites excluding steroid dienone is 30. The Morgan fingerprint density at radius 2 is 0.551 bits per heavy atom. The number of carbonyl (C=O) groups excluding carboxylic acids is 2. The summed E-state index contributed by atoms with van der Waals surface area (Å²) in [6, 6.07) is 0. The van der Waals surface area contributed by atoms with E-state index < -0.39 is 26.5 Å². The van der Waals surface area contributed by atoms with E-state index in [4.69, 9.17) is 18.5 Å². The van der Waals surface area contributed by atoms with Gasteiger partial charge in [-0.1, -0.05) is 344 Å². The second kappa shape index (κ2) is 76.3. The van der Waals surface area contributed by atoms with Gasteiger partial charge in [-0.25, -0.2) is 4.57 Å². The van der Waals surface area contributed by atoms with Gasteiger partial charge in [0.25, 0.3) is 0 Å². The summed E-state index contributed by atoms with van der Waals surface area (Å²) < 4.78 is 34.8. The Kier molecular flexibility index (Phi) is 72.5. The zero-order chi connectivity index (χ0) is 71.1. The fraction of sp³-hybridized carbons (Fsp3) is 0.636. The maximum atomic E-state index is 12.9. The molecule has 0 aliphatic heterocycles. The van der Waals surface area contributed by atoms with E-state index in [0.717, 1.165) is 148 Å². The molecule has 0 bridgehead atoms. The first-order valence-electron chi connectivity index (χ1n) is 39.5. The van der Waals surface area contributed by atoms with Crippen molar-refractivity contribution in [1.29, 1.82) is 0 Å². The van der Waals surface area contributed by atoms with Gasteiger partial charge >= 0.3 is 19.8 Å². The van der Waals surface area contributed by atoms with Gasteiger partial charge in [0.2, 0.25) is 0 Å². The van der Waals surface area contributed by atoms with Crippen LogP contribution in [0.4, 0.5) is 0 Å². The molecule has 0 saturated carbocycles. The highest BCUT2D eigenvalue weighted by Gasteiger charge is 2.27. The third-order valence-corrected chi connectivity index (χ3v) is 17.4. The van der Waals surface area contributed by atoms with Gasteiger partial charge in [0, 0.05) is 12.8 Å². The van der Waals surface area contributed by atoms with Crippen LogP contribution in [0.2, 0.25) is 0 Å². The summed E-state index contributed by atoms with van der Waals surface area (Å²) in [5.41, 5.74) is 0. The largest absolute Gasteiger partial charge is 0.472 e. The maximum absolute atomic E-state index is 12.9. The smallest absolute Gasteiger partial charge is 0.462 e. The minimum absolute atomic E-state index is 0.0200. The number of likely N-dealkylation sites (N-methyl/N-ethyl adjacent to an activating group) is 1. The molecular formula is C88H147NO8P+.